The molecule has 0 bridgehead atoms. The molecule has 0 spiro atoms. The Morgan fingerprint density at radius 2 is 2.14 bits per heavy atom. The molecule has 0 radical (unpaired) electrons. The number of carboxylic acids is 1. The first kappa shape index (κ1) is 24.7. The minimum Gasteiger partial charge on any atom is -0.480 e. The number of aryl methyl sites for hydroxylation is 2. The smallest absolute Gasteiger partial charge is 0.325 e. The second-order valence-electron chi connectivity index (χ2n) is 10.2. The van der Waals surface area contributed by atoms with Crippen LogP contribution in [0.15, 0.2) is 34.7 Å². The first-order chi connectivity index (χ1) is 17.5. The fraction of sp³-hybridized carbons (Fsp3) is 0.536. The number of fused-ring (bicyclic) bond motifs is 2. The Kier molecular flexibility index (Phi) is 7.53. The number of oxazole rings is 1. The molecule has 2 aliphatic heterocycles. The summed E-state index contributed by atoms with van der Waals surface area (Å²) in [6, 6.07) is 9.13. The SMILES string of the molecule is CC(C)c1nc2c(C(C(=O)O)N3CC[C@@H](OCCCCc4ccc5c(n4)NCCC5)C3)cccc2o1. The molecule has 4 heterocycles. The molecule has 1 unspecified atom stereocenters. The third-order valence-electron chi connectivity index (χ3n) is 7.16. The average molecular weight is 493 g/mol. The molecule has 192 valence electrons. The van der Waals surface area contributed by atoms with Crippen molar-refractivity contribution in [2.75, 3.05) is 31.6 Å². The van der Waals surface area contributed by atoms with Crippen molar-refractivity contribution in [1.82, 2.24) is 14.9 Å². The molecule has 8 nitrogen and oxygen atoms in total. The van der Waals surface area contributed by atoms with Crippen LogP contribution in [0.1, 0.15) is 74.2 Å². The van der Waals surface area contributed by atoms with Crippen LogP contribution in [0.5, 0.6) is 0 Å². The fourth-order valence-electron chi connectivity index (χ4n) is 5.23. The van der Waals surface area contributed by atoms with Crippen molar-refractivity contribution < 1.29 is 19.1 Å². The van der Waals surface area contributed by atoms with Gasteiger partial charge in [-0.3, -0.25) is 9.69 Å². The number of likely N-dealkylation sites (tertiary alicyclic amines) is 1. The molecule has 1 fully saturated rings. The lowest BCUT2D eigenvalue weighted by Gasteiger charge is -2.24. The van der Waals surface area contributed by atoms with Crippen LogP contribution >= 0.6 is 0 Å². The van der Waals surface area contributed by atoms with Crippen molar-refractivity contribution in [2.24, 2.45) is 0 Å². The van der Waals surface area contributed by atoms with Crippen LogP contribution in [0, 0.1) is 0 Å². The minimum atomic E-state index is -0.871. The summed E-state index contributed by atoms with van der Waals surface area (Å²) < 4.78 is 12.0. The van der Waals surface area contributed by atoms with E-state index >= 15 is 0 Å². The molecule has 1 aromatic carbocycles. The summed E-state index contributed by atoms with van der Waals surface area (Å²) in [7, 11) is 0. The zero-order valence-electron chi connectivity index (χ0n) is 21.2. The van der Waals surface area contributed by atoms with Gasteiger partial charge in [-0.25, -0.2) is 9.97 Å². The van der Waals surface area contributed by atoms with Gasteiger partial charge in [0.2, 0.25) is 0 Å². The molecule has 2 N–H and O–H groups in total. The first-order valence-corrected chi connectivity index (χ1v) is 13.2. The van der Waals surface area contributed by atoms with Crippen LogP contribution in [0.25, 0.3) is 11.1 Å². The molecule has 5 rings (SSSR count). The number of aliphatic carboxylic acids is 1. The zero-order chi connectivity index (χ0) is 25.1. The highest BCUT2D eigenvalue weighted by Gasteiger charge is 2.35. The van der Waals surface area contributed by atoms with E-state index < -0.39 is 12.0 Å². The number of unbranched alkanes of at least 4 members (excludes halogenated alkanes) is 1. The van der Waals surface area contributed by atoms with E-state index in [4.69, 9.17) is 14.1 Å². The molecule has 3 aromatic rings. The van der Waals surface area contributed by atoms with E-state index in [0.29, 0.717) is 42.3 Å². The average Bonchev–Trinajstić information content (AvgIpc) is 3.52. The number of para-hydroxylation sites is 1. The summed E-state index contributed by atoms with van der Waals surface area (Å²) >= 11 is 0. The lowest BCUT2D eigenvalue weighted by atomic mass is 10.0. The van der Waals surface area contributed by atoms with Crippen molar-refractivity contribution >= 4 is 22.9 Å². The number of nitrogens with one attached hydrogen (secondary N) is 1. The van der Waals surface area contributed by atoms with Gasteiger partial charge in [0, 0.05) is 43.4 Å². The van der Waals surface area contributed by atoms with Gasteiger partial charge in [0.1, 0.15) is 17.4 Å². The van der Waals surface area contributed by atoms with Crippen molar-refractivity contribution in [3.8, 4) is 0 Å². The number of pyridine rings is 1. The monoisotopic (exact) mass is 492 g/mol. The van der Waals surface area contributed by atoms with Crippen LogP contribution in [-0.2, 0) is 22.4 Å². The number of nitrogens with zero attached hydrogens (tertiary/aromatic N) is 3. The third kappa shape index (κ3) is 5.39. The summed E-state index contributed by atoms with van der Waals surface area (Å²) in [6.45, 7) is 6.99. The fourth-order valence-corrected chi connectivity index (χ4v) is 5.23. The van der Waals surface area contributed by atoms with Gasteiger partial charge in [0.15, 0.2) is 11.5 Å². The number of carboxylic acid groups (broad SMARTS) is 1. The Morgan fingerprint density at radius 3 is 2.97 bits per heavy atom. The third-order valence-corrected chi connectivity index (χ3v) is 7.16. The van der Waals surface area contributed by atoms with Gasteiger partial charge < -0.3 is 19.6 Å². The van der Waals surface area contributed by atoms with E-state index in [0.717, 1.165) is 50.2 Å². The number of carbonyl (C=O) groups is 1. The zero-order valence-corrected chi connectivity index (χ0v) is 21.2. The van der Waals surface area contributed by atoms with E-state index in [1.54, 1.807) is 0 Å². The predicted molar refractivity (Wildman–Crippen MR) is 138 cm³/mol. The minimum absolute atomic E-state index is 0.0423. The normalized spacial score (nSPS) is 18.9. The van der Waals surface area contributed by atoms with Crippen LogP contribution in [-0.4, -0.2) is 58.3 Å². The Bertz CT molecular complexity index is 1210. The van der Waals surface area contributed by atoms with E-state index in [1.165, 1.54) is 12.0 Å². The van der Waals surface area contributed by atoms with Crippen LogP contribution in [0.3, 0.4) is 0 Å². The van der Waals surface area contributed by atoms with E-state index in [1.807, 2.05) is 36.9 Å². The molecule has 36 heavy (non-hydrogen) atoms. The predicted octanol–water partition coefficient (Wildman–Crippen LogP) is 4.94. The van der Waals surface area contributed by atoms with Gasteiger partial charge in [-0.15, -0.1) is 0 Å². The molecule has 0 saturated carbocycles. The first-order valence-electron chi connectivity index (χ1n) is 13.2. The number of aromatic nitrogens is 2. The maximum Gasteiger partial charge on any atom is 0.325 e. The standard InChI is InChI=1S/C28H36N4O4/c1-18(2)27-31-24-22(9-5-10-23(24)36-27)25(28(33)34)32-15-13-21(17-32)35-16-4-3-8-20-12-11-19-7-6-14-29-26(19)30-20/h5,9-12,18,21,25H,3-4,6-8,13-17H2,1-2H3,(H,29,30)(H,33,34)/t21-,25?/m1/s1. The molecule has 2 atom stereocenters. The number of hydrogen-bond acceptors (Lipinski definition) is 7. The second kappa shape index (κ2) is 11.0. The highest BCUT2D eigenvalue weighted by molar-refractivity contribution is 5.85. The molecular weight excluding hydrogens is 456 g/mol. The topological polar surface area (TPSA) is 101 Å². The Labute approximate surface area is 212 Å². The van der Waals surface area contributed by atoms with Gasteiger partial charge in [0.25, 0.3) is 0 Å². The molecule has 0 amide bonds. The Morgan fingerprint density at radius 1 is 1.25 bits per heavy atom. The van der Waals surface area contributed by atoms with Gasteiger partial charge in [-0.2, -0.15) is 0 Å². The maximum absolute atomic E-state index is 12.4. The molecule has 8 heteroatoms. The number of benzene rings is 1. The van der Waals surface area contributed by atoms with Gasteiger partial charge in [-0.1, -0.05) is 32.0 Å². The largest absolute Gasteiger partial charge is 0.480 e. The van der Waals surface area contributed by atoms with E-state index in [-0.39, 0.29) is 12.0 Å². The van der Waals surface area contributed by atoms with Crippen molar-refractivity contribution in [2.45, 2.75) is 70.4 Å². The molecule has 2 aromatic heterocycles. The van der Waals surface area contributed by atoms with Crippen LogP contribution < -0.4 is 5.32 Å². The van der Waals surface area contributed by atoms with Crippen molar-refractivity contribution in [3.05, 3.63) is 53.0 Å². The Hall–Kier alpha value is -2.97. The summed E-state index contributed by atoms with van der Waals surface area (Å²) in [5, 5.41) is 13.5. The van der Waals surface area contributed by atoms with E-state index in [9.17, 15) is 9.90 Å². The lowest BCUT2D eigenvalue weighted by Crippen LogP contribution is -2.33. The van der Waals surface area contributed by atoms with Crippen LogP contribution in [0.2, 0.25) is 0 Å². The summed E-state index contributed by atoms with van der Waals surface area (Å²) in [5.41, 5.74) is 4.41. The maximum atomic E-state index is 12.4. The van der Waals surface area contributed by atoms with Gasteiger partial charge >= 0.3 is 5.97 Å². The number of anilines is 1. The van der Waals surface area contributed by atoms with E-state index in [2.05, 4.69) is 22.4 Å². The summed E-state index contributed by atoms with van der Waals surface area (Å²) in [5.74, 6) is 0.948. The highest BCUT2D eigenvalue weighted by Crippen LogP contribution is 2.33. The van der Waals surface area contributed by atoms with Gasteiger partial charge in [-0.05, 0) is 56.2 Å². The summed E-state index contributed by atoms with van der Waals surface area (Å²) in [4.78, 5) is 23.7. The quantitative estimate of drug-likeness (QED) is 0.384. The van der Waals surface area contributed by atoms with Crippen molar-refractivity contribution in [3.63, 3.8) is 0 Å². The highest BCUT2D eigenvalue weighted by atomic mass is 16.5. The molecular formula is C28H36N4O4. The lowest BCUT2D eigenvalue weighted by molar-refractivity contribution is -0.143. The molecule has 0 aliphatic carbocycles. The number of ether oxygens (including phenoxy) is 1. The molecule has 1 saturated heterocycles. The summed E-state index contributed by atoms with van der Waals surface area (Å²) in [6.07, 6.45) is 6.07. The van der Waals surface area contributed by atoms with Gasteiger partial charge in [0.05, 0.1) is 6.10 Å². The molecule has 2 aliphatic rings. The number of rotatable bonds is 10. The second-order valence-corrected chi connectivity index (χ2v) is 10.2. The van der Waals surface area contributed by atoms with Crippen LogP contribution in [0.4, 0.5) is 5.82 Å². The number of hydrogen-bond donors (Lipinski definition) is 2. The van der Waals surface area contributed by atoms with Crippen molar-refractivity contribution in [1.29, 1.82) is 0 Å². The Balaban J connectivity index is 1.14.